The number of aromatic amines is 1. The molecular weight excluding hydrogens is 487 g/mol. The zero-order valence-corrected chi connectivity index (χ0v) is 20.2. The summed E-state index contributed by atoms with van der Waals surface area (Å²) in [4.78, 5) is 40.6. The maximum Gasteiger partial charge on any atom is 0.433 e. The summed E-state index contributed by atoms with van der Waals surface area (Å²) in [5, 5.41) is 0.997. The van der Waals surface area contributed by atoms with Crippen LogP contribution in [-0.2, 0) is 26.9 Å². The van der Waals surface area contributed by atoms with Gasteiger partial charge in [0.25, 0.3) is 0 Å². The molecule has 194 valence electrons. The van der Waals surface area contributed by atoms with Crippen molar-refractivity contribution >= 4 is 34.3 Å². The van der Waals surface area contributed by atoms with Crippen molar-refractivity contribution in [1.82, 2.24) is 19.9 Å². The summed E-state index contributed by atoms with van der Waals surface area (Å²) in [5.74, 6) is -0.965. The minimum atomic E-state index is -4.55. The zero-order valence-electron chi connectivity index (χ0n) is 20.2. The van der Waals surface area contributed by atoms with E-state index < -0.39 is 17.8 Å². The molecule has 0 atom stereocenters. The highest BCUT2D eigenvalue weighted by molar-refractivity contribution is 6.18. The van der Waals surface area contributed by atoms with Crippen LogP contribution in [0.3, 0.4) is 0 Å². The van der Waals surface area contributed by atoms with Crippen LogP contribution >= 0.6 is 0 Å². The number of aromatic nitrogens is 3. The maximum atomic E-state index is 13.5. The molecule has 1 amide bonds. The summed E-state index contributed by atoms with van der Waals surface area (Å²) in [6, 6.07) is 8.61. The Kier molecular flexibility index (Phi) is 6.61. The topological polar surface area (TPSA) is 91.4 Å². The fourth-order valence-corrected chi connectivity index (χ4v) is 4.96. The monoisotopic (exact) mass is 513 g/mol. The quantitative estimate of drug-likeness (QED) is 0.527. The predicted octanol–water partition coefficient (Wildman–Crippen LogP) is 4.18. The summed E-state index contributed by atoms with van der Waals surface area (Å²) in [6.45, 7) is 3.03. The fourth-order valence-electron chi connectivity index (χ4n) is 4.96. The van der Waals surface area contributed by atoms with Crippen LogP contribution in [0.5, 0.6) is 0 Å². The predicted molar refractivity (Wildman–Crippen MR) is 130 cm³/mol. The van der Waals surface area contributed by atoms with Gasteiger partial charge in [0.05, 0.1) is 17.9 Å². The first-order valence-electron chi connectivity index (χ1n) is 12.2. The molecule has 11 heteroatoms. The van der Waals surface area contributed by atoms with Crippen LogP contribution in [0.1, 0.15) is 36.7 Å². The number of amides is 1. The van der Waals surface area contributed by atoms with Gasteiger partial charge in [-0.25, -0.2) is 14.8 Å². The van der Waals surface area contributed by atoms with Gasteiger partial charge >= 0.3 is 12.1 Å². The number of fused-ring (bicyclic) bond motifs is 3. The van der Waals surface area contributed by atoms with Crippen LogP contribution < -0.4 is 4.90 Å². The lowest BCUT2D eigenvalue weighted by Gasteiger charge is -2.33. The summed E-state index contributed by atoms with van der Waals surface area (Å²) < 4.78 is 44.4. The van der Waals surface area contributed by atoms with E-state index in [0.717, 1.165) is 28.7 Å². The number of esters is 1. The van der Waals surface area contributed by atoms with Crippen LogP contribution in [0, 0.1) is 5.92 Å². The standard InChI is InChI=1S/C26H26F3N5O3/c1-2-37-24(36)19-15-34(14-10-18-17-5-3-4-6-20(17)31-22(18)19)23(35)16-8-12-33(13-9-16)25-30-11-7-21(32-25)26(27,28)29/h3-7,11,15-16,31H,2,8-10,12-14H2,1H3. The van der Waals surface area contributed by atoms with Crippen molar-refractivity contribution in [2.24, 2.45) is 5.92 Å². The number of halogens is 3. The van der Waals surface area contributed by atoms with E-state index in [1.54, 1.807) is 22.9 Å². The molecule has 0 saturated carbocycles. The van der Waals surface area contributed by atoms with Crippen molar-refractivity contribution in [3.63, 3.8) is 0 Å². The van der Waals surface area contributed by atoms with E-state index >= 15 is 0 Å². The molecule has 1 N–H and O–H groups in total. The van der Waals surface area contributed by atoms with Gasteiger partial charge in [0.1, 0.15) is 5.69 Å². The molecule has 2 aliphatic rings. The molecule has 2 aromatic heterocycles. The van der Waals surface area contributed by atoms with E-state index in [4.69, 9.17) is 4.74 Å². The third-order valence-electron chi connectivity index (χ3n) is 6.81. The van der Waals surface area contributed by atoms with Crippen molar-refractivity contribution in [1.29, 1.82) is 0 Å². The maximum absolute atomic E-state index is 13.5. The van der Waals surface area contributed by atoms with Gasteiger partial charge in [0, 0.05) is 48.9 Å². The Labute approximate surface area is 211 Å². The largest absolute Gasteiger partial charge is 0.462 e. The van der Waals surface area contributed by atoms with Crippen LogP contribution in [0.15, 0.2) is 42.7 Å². The van der Waals surface area contributed by atoms with Gasteiger partial charge in [0.15, 0.2) is 0 Å². The summed E-state index contributed by atoms with van der Waals surface area (Å²) in [6.07, 6.45) is -0.451. The molecule has 0 unspecified atom stereocenters. The number of para-hydroxylation sites is 1. The first-order chi connectivity index (χ1) is 17.8. The summed E-state index contributed by atoms with van der Waals surface area (Å²) >= 11 is 0. The molecular formula is C26H26F3N5O3. The Bertz CT molecular complexity index is 1360. The lowest BCUT2D eigenvalue weighted by molar-refractivity contribution is -0.141. The van der Waals surface area contributed by atoms with Gasteiger partial charge in [0.2, 0.25) is 11.9 Å². The van der Waals surface area contributed by atoms with Gasteiger partial charge < -0.3 is 19.5 Å². The molecule has 0 radical (unpaired) electrons. The number of piperidine rings is 1. The van der Waals surface area contributed by atoms with Crippen LogP contribution in [0.25, 0.3) is 16.5 Å². The molecule has 2 aliphatic heterocycles. The van der Waals surface area contributed by atoms with E-state index in [2.05, 4.69) is 15.0 Å². The number of carbonyl (C=O) groups excluding carboxylic acids is 2. The van der Waals surface area contributed by atoms with E-state index in [1.165, 1.54) is 0 Å². The van der Waals surface area contributed by atoms with Gasteiger partial charge in [-0.15, -0.1) is 0 Å². The molecule has 37 heavy (non-hydrogen) atoms. The highest BCUT2D eigenvalue weighted by Crippen LogP contribution is 2.33. The Morgan fingerprint density at radius 2 is 1.89 bits per heavy atom. The van der Waals surface area contributed by atoms with Crippen molar-refractivity contribution in [2.75, 3.05) is 31.1 Å². The van der Waals surface area contributed by atoms with E-state index in [-0.39, 0.29) is 24.4 Å². The number of anilines is 1. The minimum absolute atomic E-state index is 0.00496. The fraction of sp³-hybridized carbons (Fsp3) is 0.385. The van der Waals surface area contributed by atoms with E-state index in [1.807, 2.05) is 24.3 Å². The second kappa shape index (κ2) is 9.87. The lowest BCUT2D eigenvalue weighted by Crippen LogP contribution is -2.42. The molecule has 8 nitrogen and oxygen atoms in total. The molecule has 1 aromatic carbocycles. The normalized spacial score (nSPS) is 16.8. The molecule has 4 heterocycles. The minimum Gasteiger partial charge on any atom is -0.462 e. The number of nitrogens with one attached hydrogen (secondary N) is 1. The average Bonchev–Trinajstić information content (AvgIpc) is 3.15. The lowest BCUT2D eigenvalue weighted by atomic mass is 9.95. The smallest absolute Gasteiger partial charge is 0.433 e. The SMILES string of the molecule is CCOC(=O)C1=CN(C(=O)C2CCN(c3nccc(C(F)(F)F)n3)CC2)CCc2c1[nH]c1ccccc21. The van der Waals surface area contributed by atoms with Crippen molar-refractivity contribution in [3.05, 3.63) is 59.7 Å². The first-order valence-corrected chi connectivity index (χ1v) is 12.2. The van der Waals surface area contributed by atoms with Gasteiger partial charge in [-0.2, -0.15) is 13.2 Å². The molecule has 1 fully saturated rings. The molecule has 5 rings (SSSR count). The highest BCUT2D eigenvalue weighted by atomic mass is 19.4. The molecule has 1 saturated heterocycles. The number of hydrogen-bond acceptors (Lipinski definition) is 6. The zero-order chi connectivity index (χ0) is 26.2. The number of H-pyrrole nitrogens is 1. The summed E-state index contributed by atoms with van der Waals surface area (Å²) in [7, 11) is 0. The Morgan fingerprint density at radius 3 is 2.62 bits per heavy atom. The molecule has 0 bridgehead atoms. The molecule has 0 spiro atoms. The first kappa shape index (κ1) is 24.8. The van der Waals surface area contributed by atoms with Crippen molar-refractivity contribution in [3.8, 4) is 0 Å². The third-order valence-corrected chi connectivity index (χ3v) is 6.81. The number of benzene rings is 1. The Hall–Kier alpha value is -3.89. The number of hydrogen-bond donors (Lipinski definition) is 1. The number of rotatable bonds is 4. The van der Waals surface area contributed by atoms with Crippen molar-refractivity contribution in [2.45, 2.75) is 32.4 Å². The molecule has 0 aliphatic carbocycles. The van der Waals surface area contributed by atoms with Crippen molar-refractivity contribution < 1.29 is 27.5 Å². The van der Waals surface area contributed by atoms with Crippen LogP contribution in [-0.4, -0.2) is 58.0 Å². The average molecular weight is 514 g/mol. The van der Waals surface area contributed by atoms with Gasteiger partial charge in [-0.05, 0) is 43.9 Å². The number of alkyl halides is 3. The van der Waals surface area contributed by atoms with Gasteiger partial charge in [-0.1, -0.05) is 18.2 Å². The number of carbonyl (C=O) groups is 2. The van der Waals surface area contributed by atoms with E-state index in [0.29, 0.717) is 50.2 Å². The Balaban J connectivity index is 1.34. The third kappa shape index (κ3) is 4.90. The summed E-state index contributed by atoms with van der Waals surface area (Å²) in [5.41, 5.74) is 1.83. The highest BCUT2D eigenvalue weighted by Gasteiger charge is 2.35. The van der Waals surface area contributed by atoms with Crippen LogP contribution in [0.4, 0.5) is 19.1 Å². The van der Waals surface area contributed by atoms with Gasteiger partial charge in [-0.3, -0.25) is 4.79 Å². The molecule has 3 aromatic rings. The van der Waals surface area contributed by atoms with E-state index in [9.17, 15) is 22.8 Å². The number of ether oxygens (including phenoxy) is 1. The second-order valence-electron chi connectivity index (χ2n) is 9.07. The second-order valence-corrected chi connectivity index (χ2v) is 9.07. The Morgan fingerprint density at radius 1 is 1.14 bits per heavy atom. The number of nitrogens with zero attached hydrogens (tertiary/aromatic N) is 4. The van der Waals surface area contributed by atoms with Crippen LogP contribution in [0.2, 0.25) is 0 Å².